The SMILES string of the molecule is COc1ccccc1C(C)NC(=O)CSc1nccn1-c1cc(C)cc(C)c1. The number of rotatable bonds is 7. The van der Waals surface area contributed by atoms with Crippen molar-refractivity contribution >= 4 is 17.7 Å². The standard InChI is InChI=1S/C22H25N3O2S/c1-15-11-16(2)13-18(12-15)25-10-9-23-22(25)28-14-21(26)24-17(3)19-7-5-6-8-20(19)27-4/h5-13,17H,14H2,1-4H3,(H,24,26). The summed E-state index contributed by atoms with van der Waals surface area (Å²) in [6, 6.07) is 13.9. The van der Waals surface area contributed by atoms with Gasteiger partial charge >= 0.3 is 0 Å². The number of thioether (sulfide) groups is 1. The van der Waals surface area contributed by atoms with Crippen molar-refractivity contribution < 1.29 is 9.53 Å². The highest BCUT2D eigenvalue weighted by Crippen LogP contribution is 2.25. The zero-order valence-electron chi connectivity index (χ0n) is 16.6. The Bertz CT molecular complexity index is 948. The number of hydrogen-bond acceptors (Lipinski definition) is 4. The minimum Gasteiger partial charge on any atom is -0.496 e. The average molecular weight is 396 g/mol. The number of carbonyl (C=O) groups excluding carboxylic acids is 1. The summed E-state index contributed by atoms with van der Waals surface area (Å²) in [7, 11) is 1.63. The van der Waals surface area contributed by atoms with E-state index in [9.17, 15) is 4.79 Å². The number of benzene rings is 2. The Kier molecular flexibility index (Phi) is 6.41. The number of hydrogen-bond donors (Lipinski definition) is 1. The van der Waals surface area contributed by atoms with Crippen molar-refractivity contribution in [2.75, 3.05) is 12.9 Å². The summed E-state index contributed by atoms with van der Waals surface area (Å²) in [6.07, 6.45) is 3.68. The molecular formula is C22H25N3O2S. The number of para-hydroxylation sites is 1. The van der Waals surface area contributed by atoms with Gasteiger partial charge in [-0.1, -0.05) is 36.0 Å². The van der Waals surface area contributed by atoms with Crippen molar-refractivity contribution in [1.29, 1.82) is 0 Å². The van der Waals surface area contributed by atoms with Gasteiger partial charge in [0.2, 0.25) is 5.91 Å². The van der Waals surface area contributed by atoms with Gasteiger partial charge in [-0.3, -0.25) is 9.36 Å². The molecule has 0 spiro atoms. The fourth-order valence-corrected chi connectivity index (χ4v) is 3.98. The molecule has 0 fully saturated rings. The van der Waals surface area contributed by atoms with Gasteiger partial charge < -0.3 is 10.1 Å². The molecule has 1 unspecified atom stereocenters. The molecule has 2 aromatic carbocycles. The molecule has 1 N–H and O–H groups in total. The van der Waals surface area contributed by atoms with Gasteiger partial charge in [-0.05, 0) is 50.1 Å². The van der Waals surface area contributed by atoms with E-state index in [2.05, 4.69) is 42.3 Å². The number of aryl methyl sites for hydroxylation is 2. The third-order valence-electron chi connectivity index (χ3n) is 4.41. The van der Waals surface area contributed by atoms with Crippen LogP contribution in [0.4, 0.5) is 0 Å². The van der Waals surface area contributed by atoms with Crippen LogP contribution in [0.15, 0.2) is 60.0 Å². The fraction of sp³-hybridized carbons (Fsp3) is 0.273. The number of ether oxygens (including phenoxy) is 1. The number of nitrogens with zero attached hydrogens (tertiary/aromatic N) is 2. The molecule has 0 aliphatic carbocycles. The highest BCUT2D eigenvalue weighted by molar-refractivity contribution is 7.99. The van der Waals surface area contributed by atoms with Crippen LogP contribution in [-0.4, -0.2) is 28.3 Å². The van der Waals surface area contributed by atoms with Crippen molar-refractivity contribution in [3.05, 3.63) is 71.5 Å². The molecule has 1 aromatic heterocycles. The molecule has 146 valence electrons. The van der Waals surface area contributed by atoms with Crippen LogP contribution in [0.1, 0.15) is 29.7 Å². The Morgan fingerprint density at radius 3 is 2.64 bits per heavy atom. The predicted molar refractivity (Wildman–Crippen MR) is 113 cm³/mol. The maximum absolute atomic E-state index is 12.5. The minimum atomic E-state index is -0.136. The summed E-state index contributed by atoms with van der Waals surface area (Å²) in [4.78, 5) is 16.9. The van der Waals surface area contributed by atoms with Crippen molar-refractivity contribution in [2.45, 2.75) is 32.0 Å². The van der Waals surface area contributed by atoms with E-state index in [-0.39, 0.29) is 11.9 Å². The molecular weight excluding hydrogens is 370 g/mol. The molecule has 1 amide bonds. The van der Waals surface area contributed by atoms with Gasteiger partial charge in [0.1, 0.15) is 5.75 Å². The second kappa shape index (κ2) is 8.97. The first-order valence-corrected chi connectivity index (χ1v) is 10.1. The minimum absolute atomic E-state index is 0.0432. The molecule has 0 bridgehead atoms. The van der Waals surface area contributed by atoms with Crippen LogP contribution in [0.5, 0.6) is 5.75 Å². The van der Waals surface area contributed by atoms with Crippen molar-refractivity contribution in [2.24, 2.45) is 0 Å². The third-order valence-corrected chi connectivity index (χ3v) is 5.37. The zero-order chi connectivity index (χ0) is 20.1. The van der Waals surface area contributed by atoms with Crippen molar-refractivity contribution in [3.63, 3.8) is 0 Å². The fourth-order valence-electron chi connectivity index (χ4n) is 3.20. The van der Waals surface area contributed by atoms with Gasteiger partial charge in [0, 0.05) is 23.6 Å². The zero-order valence-corrected chi connectivity index (χ0v) is 17.4. The summed E-state index contributed by atoms with van der Waals surface area (Å²) in [5.41, 5.74) is 4.41. The number of nitrogens with one attached hydrogen (secondary N) is 1. The summed E-state index contributed by atoms with van der Waals surface area (Å²) in [5, 5.41) is 3.83. The molecule has 0 aliphatic heterocycles. The third kappa shape index (κ3) is 4.75. The van der Waals surface area contributed by atoms with Crippen LogP contribution in [0.25, 0.3) is 5.69 Å². The molecule has 3 aromatic rings. The second-order valence-corrected chi connectivity index (χ2v) is 7.69. The molecule has 0 radical (unpaired) electrons. The second-order valence-electron chi connectivity index (χ2n) is 6.75. The van der Waals surface area contributed by atoms with E-state index in [1.54, 1.807) is 13.3 Å². The highest BCUT2D eigenvalue weighted by Gasteiger charge is 2.15. The summed E-state index contributed by atoms with van der Waals surface area (Å²) in [5.74, 6) is 1.02. The van der Waals surface area contributed by atoms with Crippen LogP contribution < -0.4 is 10.1 Å². The molecule has 28 heavy (non-hydrogen) atoms. The Labute approximate surface area is 170 Å². The lowest BCUT2D eigenvalue weighted by atomic mass is 10.1. The van der Waals surface area contributed by atoms with Crippen LogP contribution in [0.2, 0.25) is 0 Å². The first-order valence-electron chi connectivity index (χ1n) is 9.15. The molecule has 5 nitrogen and oxygen atoms in total. The number of carbonyl (C=O) groups is 1. The highest BCUT2D eigenvalue weighted by atomic mass is 32.2. The monoisotopic (exact) mass is 395 g/mol. The Morgan fingerprint density at radius 1 is 1.21 bits per heavy atom. The van der Waals surface area contributed by atoms with Crippen LogP contribution >= 0.6 is 11.8 Å². The average Bonchev–Trinajstić information content (AvgIpc) is 3.14. The Balaban J connectivity index is 1.65. The summed E-state index contributed by atoms with van der Waals surface area (Å²) >= 11 is 1.42. The Morgan fingerprint density at radius 2 is 1.93 bits per heavy atom. The quantitative estimate of drug-likeness (QED) is 0.600. The molecule has 6 heteroatoms. The molecule has 0 saturated heterocycles. The summed E-state index contributed by atoms with van der Waals surface area (Å²) < 4.78 is 7.40. The van der Waals surface area contributed by atoms with Gasteiger partial charge in [0.25, 0.3) is 0 Å². The van der Waals surface area contributed by atoms with E-state index >= 15 is 0 Å². The predicted octanol–water partition coefficient (Wildman–Crippen LogP) is 4.47. The van der Waals surface area contributed by atoms with Gasteiger partial charge in [0.15, 0.2) is 5.16 Å². The van der Waals surface area contributed by atoms with E-state index < -0.39 is 0 Å². The van der Waals surface area contributed by atoms with Gasteiger partial charge in [-0.25, -0.2) is 4.98 Å². The topological polar surface area (TPSA) is 56.1 Å². The molecule has 1 atom stereocenters. The first-order chi connectivity index (χ1) is 13.5. The van der Waals surface area contributed by atoms with Gasteiger partial charge in [0.05, 0.1) is 18.9 Å². The number of imidazole rings is 1. The number of methoxy groups -OCH3 is 1. The molecule has 0 saturated carbocycles. The molecule has 0 aliphatic rings. The largest absolute Gasteiger partial charge is 0.496 e. The molecule has 3 rings (SSSR count). The van der Waals surface area contributed by atoms with E-state index in [1.165, 1.54) is 22.9 Å². The smallest absolute Gasteiger partial charge is 0.230 e. The lowest BCUT2D eigenvalue weighted by molar-refractivity contribution is -0.119. The van der Waals surface area contributed by atoms with E-state index in [0.717, 1.165) is 22.2 Å². The van der Waals surface area contributed by atoms with E-state index in [0.29, 0.717) is 5.75 Å². The number of amides is 1. The maximum atomic E-state index is 12.5. The van der Waals surface area contributed by atoms with E-state index in [1.807, 2.05) is 42.0 Å². The summed E-state index contributed by atoms with van der Waals surface area (Å²) in [6.45, 7) is 6.11. The van der Waals surface area contributed by atoms with E-state index in [4.69, 9.17) is 4.74 Å². The lowest BCUT2D eigenvalue weighted by Gasteiger charge is -2.17. The number of aromatic nitrogens is 2. The normalized spacial score (nSPS) is 11.9. The first kappa shape index (κ1) is 20.0. The maximum Gasteiger partial charge on any atom is 0.230 e. The van der Waals surface area contributed by atoms with Crippen LogP contribution in [0, 0.1) is 13.8 Å². The Hall–Kier alpha value is -2.73. The molecule has 1 heterocycles. The van der Waals surface area contributed by atoms with Gasteiger partial charge in [-0.15, -0.1) is 0 Å². The van der Waals surface area contributed by atoms with Gasteiger partial charge in [-0.2, -0.15) is 0 Å². The van der Waals surface area contributed by atoms with Crippen molar-refractivity contribution in [1.82, 2.24) is 14.9 Å². The van der Waals surface area contributed by atoms with Crippen molar-refractivity contribution in [3.8, 4) is 11.4 Å². The van der Waals surface area contributed by atoms with Crippen LogP contribution in [0.3, 0.4) is 0 Å². The lowest BCUT2D eigenvalue weighted by Crippen LogP contribution is -2.28. The van der Waals surface area contributed by atoms with Crippen LogP contribution in [-0.2, 0) is 4.79 Å².